The Labute approximate surface area is 182 Å². The van der Waals surface area contributed by atoms with Gasteiger partial charge in [-0.25, -0.2) is 0 Å². The lowest BCUT2D eigenvalue weighted by Gasteiger charge is -2.47. The molecule has 1 heteroatoms. The van der Waals surface area contributed by atoms with Gasteiger partial charge in [-0.1, -0.05) is 78.1 Å². The van der Waals surface area contributed by atoms with Crippen molar-refractivity contribution in [2.75, 3.05) is 0 Å². The fraction of sp³-hybridized carbons (Fsp3) is 0.964. The van der Waals surface area contributed by atoms with Crippen LogP contribution in [0.15, 0.2) is 0 Å². The highest BCUT2D eigenvalue weighted by molar-refractivity contribution is 5.04. The van der Waals surface area contributed by atoms with E-state index >= 15 is 0 Å². The van der Waals surface area contributed by atoms with Gasteiger partial charge >= 0.3 is 0 Å². The first-order valence-corrected chi connectivity index (χ1v) is 13.6. The first kappa shape index (κ1) is 23.2. The summed E-state index contributed by atoms with van der Waals surface area (Å²) in [6.45, 7) is 4.58. The van der Waals surface area contributed by atoms with Crippen LogP contribution in [0, 0.1) is 46.3 Å². The minimum Gasteiger partial charge on any atom is -0.198 e. The Hall–Kier alpha value is -0.510. The lowest BCUT2D eigenvalue weighted by atomic mass is 9.57. The fourth-order valence-electron chi connectivity index (χ4n) is 7.36. The van der Waals surface area contributed by atoms with Crippen LogP contribution in [0.4, 0.5) is 0 Å². The van der Waals surface area contributed by atoms with Crippen LogP contribution in [0.25, 0.3) is 0 Å². The molecular formula is C28H49N. The molecular weight excluding hydrogens is 350 g/mol. The second kappa shape index (κ2) is 11.8. The Morgan fingerprint density at radius 1 is 0.724 bits per heavy atom. The van der Waals surface area contributed by atoms with Gasteiger partial charge in [0.2, 0.25) is 0 Å². The van der Waals surface area contributed by atoms with E-state index in [2.05, 4.69) is 19.9 Å². The van der Waals surface area contributed by atoms with Gasteiger partial charge in [-0.05, 0) is 87.4 Å². The zero-order chi connectivity index (χ0) is 20.5. The molecule has 0 aromatic heterocycles. The summed E-state index contributed by atoms with van der Waals surface area (Å²) >= 11 is 0. The van der Waals surface area contributed by atoms with Gasteiger partial charge in [0, 0.05) is 0 Å². The minimum atomic E-state index is 0.0409. The number of rotatable bonds is 10. The van der Waals surface area contributed by atoms with Crippen molar-refractivity contribution in [3.63, 3.8) is 0 Å². The predicted molar refractivity (Wildman–Crippen MR) is 125 cm³/mol. The maximum absolute atomic E-state index is 9.89. The third kappa shape index (κ3) is 6.48. The van der Waals surface area contributed by atoms with Crippen LogP contribution >= 0.6 is 0 Å². The monoisotopic (exact) mass is 399 g/mol. The van der Waals surface area contributed by atoms with Gasteiger partial charge < -0.3 is 0 Å². The quantitative estimate of drug-likeness (QED) is 0.336. The maximum Gasteiger partial charge on any atom is 0.0689 e. The summed E-state index contributed by atoms with van der Waals surface area (Å²) in [5, 5.41) is 9.89. The summed E-state index contributed by atoms with van der Waals surface area (Å²) in [6.07, 6.45) is 26.7. The summed E-state index contributed by atoms with van der Waals surface area (Å²) in [6, 6.07) is 2.79. The van der Waals surface area contributed by atoms with Gasteiger partial charge in [0.1, 0.15) is 0 Å². The number of unbranched alkanes of at least 4 members (excludes halogenated alkanes) is 5. The predicted octanol–water partition coefficient (Wildman–Crippen LogP) is 9.07. The lowest BCUT2D eigenvalue weighted by Crippen LogP contribution is -2.38. The molecule has 0 aromatic rings. The number of fused-ring (bicyclic) bond motifs is 1. The van der Waals surface area contributed by atoms with E-state index in [1.165, 1.54) is 116 Å². The highest BCUT2D eigenvalue weighted by Gasteiger charge is 2.44. The first-order valence-electron chi connectivity index (χ1n) is 13.6. The van der Waals surface area contributed by atoms with Crippen LogP contribution in [-0.2, 0) is 0 Å². The highest BCUT2D eigenvalue weighted by atomic mass is 14.5. The summed E-state index contributed by atoms with van der Waals surface area (Å²) in [7, 11) is 0. The van der Waals surface area contributed by atoms with Crippen molar-refractivity contribution in [3.8, 4) is 6.07 Å². The van der Waals surface area contributed by atoms with E-state index in [1.807, 2.05) is 0 Å². The van der Waals surface area contributed by atoms with Crippen LogP contribution in [-0.4, -0.2) is 0 Å². The molecule has 166 valence electrons. The summed E-state index contributed by atoms with van der Waals surface area (Å²) < 4.78 is 0. The standard InChI is InChI=1S/C28H49N/c1-3-5-7-8-9-10-23-11-13-24(14-12-23)25-15-16-27-21-28(22-29,18-6-4-2)19-17-26(27)20-25/h23-27H,3-21H2,1-2H3. The van der Waals surface area contributed by atoms with Gasteiger partial charge in [-0.15, -0.1) is 0 Å². The molecule has 0 spiro atoms. The lowest BCUT2D eigenvalue weighted by molar-refractivity contribution is 0.0379. The van der Waals surface area contributed by atoms with Crippen LogP contribution in [0.2, 0.25) is 0 Å². The van der Waals surface area contributed by atoms with Crippen molar-refractivity contribution in [1.82, 2.24) is 0 Å². The van der Waals surface area contributed by atoms with E-state index < -0.39 is 0 Å². The molecule has 29 heavy (non-hydrogen) atoms. The molecule has 0 aliphatic heterocycles. The van der Waals surface area contributed by atoms with Gasteiger partial charge in [0.25, 0.3) is 0 Å². The zero-order valence-electron chi connectivity index (χ0n) is 19.8. The number of nitrogens with zero attached hydrogens (tertiary/aromatic N) is 1. The molecule has 4 unspecified atom stereocenters. The van der Waals surface area contributed by atoms with E-state index in [0.717, 1.165) is 36.0 Å². The normalized spacial score (nSPS) is 37.6. The van der Waals surface area contributed by atoms with Crippen molar-refractivity contribution in [2.45, 2.75) is 136 Å². The van der Waals surface area contributed by atoms with Crippen LogP contribution in [0.5, 0.6) is 0 Å². The van der Waals surface area contributed by atoms with Crippen LogP contribution in [0.1, 0.15) is 136 Å². The molecule has 0 amide bonds. The van der Waals surface area contributed by atoms with Gasteiger partial charge in [-0.3, -0.25) is 0 Å². The van der Waals surface area contributed by atoms with E-state index in [-0.39, 0.29) is 5.41 Å². The largest absolute Gasteiger partial charge is 0.198 e. The van der Waals surface area contributed by atoms with E-state index in [0.29, 0.717) is 0 Å². The average Bonchev–Trinajstić information content (AvgIpc) is 2.77. The Balaban J connectivity index is 1.38. The molecule has 0 N–H and O–H groups in total. The van der Waals surface area contributed by atoms with Crippen molar-refractivity contribution in [3.05, 3.63) is 0 Å². The molecule has 0 heterocycles. The van der Waals surface area contributed by atoms with Gasteiger partial charge in [0.05, 0.1) is 11.5 Å². The SMILES string of the molecule is CCCCCCCC1CCC(C2CCC3CC(C#N)(CCCC)CCC3C2)CC1. The van der Waals surface area contributed by atoms with Crippen molar-refractivity contribution in [1.29, 1.82) is 5.26 Å². The highest BCUT2D eigenvalue weighted by Crippen LogP contribution is 2.53. The number of hydrogen-bond acceptors (Lipinski definition) is 1. The van der Waals surface area contributed by atoms with Crippen LogP contribution in [0.3, 0.4) is 0 Å². The molecule has 4 atom stereocenters. The van der Waals surface area contributed by atoms with Crippen LogP contribution < -0.4 is 0 Å². The second-order valence-electron chi connectivity index (χ2n) is 11.3. The molecule has 0 aromatic carbocycles. The maximum atomic E-state index is 9.89. The summed E-state index contributed by atoms with van der Waals surface area (Å²) in [4.78, 5) is 0. The molecule has 0 bridgehead atoms. The first-order chi connectivity index (χ1) is 14.2. The molecule has 3 fully saturated rings. The minimum absolute atomic E-state index is 0.0409. The zero-order valence-corrected chi connectivity index (χ0v) is 19.8. The fourth-order valence-corrected chi connectivity index (χ4v) is 7.36. The average molecular weight is 400 g/mol. The Morgan fingerprint density at radius 2 is 1.38 bits per heavy atom. The molecule has 1 nitrogen and oxygen atoms in total. The van der Waals surface area contributed by atoms with Gasteiger partial charge in [-0.2, -0.15) is 5.26 Å². The molecule has 3 aliphatic rings. The van der Waals surface area contributed by atoms with E-state index in [4.69, 9.17) is 0 Å². The molecule has 0 saturated heterocycles. The second-order valence-corrected chi connectivity index (χ2v) is 11.3. The molecule has 3 aliphatic carbocycles. The summed E-state index contributed by atoms with van der Waals surface area (Å²) in [5.74, 6) is 4.93. The summed E-state index contributed by atoms with van der Waals surface area (Å²) in [5.41, 5.74) is 0.0409. The topological polar surface area (TPSA) is 23.8 Å². The number of hydrogen-bond donors (Lipinski definition) is 0. The van der Waals surface area contributed by atoms with Crippen molar-refractivity contribution >= 4 is 0 Å². The van der Waals surface area contributed by atoms with E-state index in [9.17, 15) is 5.26 Å². The Morgan fingerprint density at radius 3 is 2.10 bits per heavy atom. The third-order valence-electron chi connectivity index (χ3n) is 9.35. The molecule has 0 radical (unpaired) electrons. The molecule has 3 rings (SSSR count). The molecule has 3 saturated carbocycles. The number of nitriles is 1. The Bertz CT molecular complexity index is 497. The van der Waals surface area contributed by atoms with Crippen molar-refractivity contribution in [2.24, 2.45) is 35.0 Å². The van der Waals surface area contributed by atoms with Gasteiger partial charge in [0.15, 0.2) is 0 Å². The smallest absolute Gasteiger partial charge is 0.0689 e. The third-order valence-corrected chi connectivity index (χ3v) is 9.35. The van der Waals surface area contributed by atoms with E-state index in [1.54, 1.807) is 0 Å². The van der Waals surface area contributed by atoms with Crippen molar-refractivity contribution < 1.29 is 0 Å². The Kier molecular flexibility index (Phi) is 9.40.